The van der Waals surface area contributed by atoms with E-state index in [4.69, 9.17) is 23.7 Å². The van der Waals surface area contributed by atoms with Crippen molar-refractivity contribution in [2.75, 3.05) is 61.3 Å². The smallest absolute Gasteiger partial charge is 0.317 e. The third-order valence-electron chi connectivity index (χ3n) is 5.81. The highest BCUT2D eigenvalue weighted by Crippen LogP contribution is 2.31. The molecule has 0 spiro atoms. The number of amides is 2. The zero-order valence-electron chi connectivity index (χ0n) is 23.7. The fourth-order valence-electron chi connectivity index (χ4n) is 3.75. The molecule has 2 aromatic carbocycles. The first-order chi connectivity index (χ1) is 18.4. The molecule has 210 valence electrons. The van der Waals surface area contributed by atoms with E-state index in [1.165, 1.54) is 0 Å². The molecule has 0 heterocycles. The number of hydrogen-bond acceptors (Lipinski definition) is 6. The van der Waals surface area contributed by atoms with Gasteiger partial charge in [0, 0.05) is 52.2 Å². The molecule has 0 aromatic heterocycles. The number of carbonyl (C=O) groups is 1. The summed E-state index contributed by atoms with van der Waals surface area (Å²) in [5.74, 6) is 2.66. The Balaban J connectivity index is 2.31. The van der Waals surface area contributed by atoms with E-state index in [0.29, 0.717) is 56.9 Å². The quantitative estimate of drug-likeness (QED) is 0.216. The maximum Gasteiger partial charge on any atom is 0.317 e. The maximum atomic E-state index is 13.1. The number of nitrogens with one attached hydrogen (secondary N) is 1. The number of methoxy groups -OCH3 is 4. The van der Waals surface area contributed by atoms with Crippen molar-refractivity contribution < 1.29 is 28.5 Å². The molecule has 2 rings (SSSR count). The average molecular weight is 529 g/mol. The summed E-state index contributed by atoms with van der Waals surface area (Å²) < 4.78 is 27.4. The molecular weight excluding hydrogens is 484 g/mol. The molecule has 38 heavy (non-hydrogen) atoms. The van der Waals surface area contributed by atoms with Crippen LogP contribution in [0.5, 0.6) is 17.2 Å². The number of urea groups is 1. The molecular formula is C30H44N2O6. The third kappa shape index (κ3) is 10.6. The largest absolute Gasteiger partial charge is 0.497 e. The van der Waals surface area contributed by atoms with Gasteiger partial charge in [-0.05, 0) is 48.1 Å². The van der Waals surface area contributed by atoms with Gasteiger partial charge in [-0.15, -0.1) is 0 Å². The summed E-state index contributed by atoms with van der Waals surface area (Å²) in [6.07, 6.45) is 5.52. The van der Waals surface area contributed by atoms with Crippen LogP contribution in [0.1, 0.15) is 43.4 Å². The van der Waals surface area contributed by atoms with Gasteiger partial charge in [0.05, 0.1) is 27.4 Å². The summed E-state index contributed by atoms with van der Waals surface area (Å²) in [6, 6.07) is 11.7. The summed E-state index contributed by atoms with van der Waals surface area (Å²) in [4.78, 5) is 14.9. The molecule has 0 bridgehead atoms. The fraction of sp³-hybridized carbons (Fsp3) is 0.500. The van der Waals surface area contributed by atoms with Crippen LogP contribution >= 0.6 is 0 Å². The van der Waals surface area contributed by atoms with Crippen LogP contribution in [0, 0.1) is 5.92 Å². The normalized spacial score (nSPS) is 11.1. The molecule has 0 atom stereocenters. The standard InChI is InChI=1S/C30H44N2O6/c1-23(2)22-38-26-13-10-24(11-14-26)9-12-25-19-27(36-5)20-29(37-6)28(25)21-32(16-8-18-35-4)30(33)31-15-7-17-34-3/h9-14,19-20,23H,7-8,15-18,21-22H2,1-6H3,(H,31,33)/b12-9+. The van der Waals surface area contributed by atoms with Crippen LogP contribution in [0.3, 0.4) is 0 Å². The minimum atomic E-state index is -0.137. The molecule has 0 saturated heterocycles. The Morgan fingerprint density at radius 3 is 2.26 bits per heavy atom. The van der Waals surface area contributed by atoms with Crippen molar-refractivity contribution in [2.45, 2.75) is 33.2 Å². The number of ether oxygens (including phenoxy) is 5. The summed E-state index contributed by atoms with van der Waals surface area (Å²) >= 11 is 0. The van der Waals surface area contributed by atoms with Gasteiger partial charge in [-0.1, -0.05) is 38.1 Å². The molecule has 2 amide bonds. The summed E-state index contributed by atoms with van der Waals surface area (Å²) in [5, 5.41) is 3.00. The van der Waals surface area contributed by atoms with Crippen LogP contribution in [-0.4, -0.2) is 72.3 Å². The van der Waals surface area contributed by atoms with Gasteiger partial charge in [-0.3, -0.25) is 0 Å². The predicted molar refractivity (Wildman–Crippen MR) is 152 cm³/mol. The van der Waals surface area contributed by atoms with E-state index < -0.39 is 0 Å². The van der Waals surface area contributed by atoms with Crippen LogP contribution in [0.4, 0.5) is 4.79 Å². The van der Waals surface area contributed by atoms with E-state index in [1.807, 2.05) is 48.6 Å². The van der Waals surface area contributed by atoms with Crippen molar-refractivity contribution in [2.24, 2.45) is 5.92 Å². The first-order valence-corrected chi connectivity index (χ1v) is 13.1. The van der Waals surface area contributed by atoms with Crippen LogP contribution < -0.4 is 19.5 Å². The van der Waals surface area contributed by atoms with Gasteiger partial charge < -0.3 is 33.9 Å². The van der Waals surface area contributed by atoms with Gasteiger partial charge in [0.1, 0.15) is 17.2 Å². The van der Waals surface area contributed by atoms with Gasteiger partial charge in [-0.25, -0.2) is 4.79 Å². The number of hydrogen-bond donors (Lipinski definition) is 1. The molecule has 0 aliphatic carbocycles. The van der Waals surface area contributed by atoms with Gasteiger partial charge in [-0.2, -0.15) is 0 Å². The molecule has 0 aliphatic heterocycles. The average Bonchev–Trinajstić information content (AvgIpc) is 2.93. The van der Waals surface area contributed by atoms with Crippen LogP contribution in [0.2, 0.25) is 0 Å². The number of carbonyl (C=O) groups excluding carboxylic acids is 1. The second-order valence-electron chi connectivity index (χ2n) is 9.35. The van der Waals surface area contributed by atoms with Crippen LogP contribution in [0.25, 0.3) is 12.2 Å². The predicted octanol–water partition coefficient (Wildman–Crippen LogP) is 5.49. The molecule has 2 aromatic rings. The first kappa shape index (κ1) is 31.0. The lowest BCUT2D eigenvalue weighted by molar-refractivity contribution is 0.163. The number of rotatable bonds is 17. The Morgan fingerprint density at radius 1 is 0.921 bits per heavy atom. The first-order valence-electron chi connectivity index (χ1n) is 13.1. The molecule has 8 nitrogen and oxygen atoms in total. The zero-order chi connectivity index (χ0) is 27.8. The van der Waals surface area contributed by atoms with Gasteiger partial charge >= 0.3 is 6.03 Å². The van der Waals surface area contributed by atoms with E-state index in [2.05, 4.69) is 19.2 Å². The molecule has 0 saturated carbocycles. The third-order valence-corrected chi connectivity index (χ3v) is 5.81. The van der Waals surface area contributed by atoms with Crippen LogP contribution in [0.15, 0.2) is 36.4 Å². The highest BCUT2D eigenvalue weighted by atomic mass is 16.5. The summed E-state index contributed by atoms with van der Waals surface area (Å²) in [7, 11) is 6.57. The summed E-state index contributed by atoms with van der Waals surface area (Å²) in [5.41, 5.74) is 2.83. The monoisotopic (exact) mass is 528 g/mol. The topological polar surface area (TPSA) is 78.5 Å². The van der Waals surface area contributed by atoms with E-state index in [-0.39, 0.29) is 6.03 Å². The van der Waals surface area contributed by atoms with Crippen molar-refractivity contribution in [3.63, 3.8) is 0 Å². The van der Waals surface area contributed by atoms with E-state index >= 15 is 0 Å². The van der Waals surface area contributed by atoms with Gasteiger partial charge in [0.25, 0.3) is 0 Å². The highest BCUT2D eigenvalue weighted by Gasteiger charge is 2.19. The highest BCUT2D eigenvalue weighted by molar-refractivity contribution is 5.76. The molecule has 1 N–H and O–H groups in total. The minimum absolute atomic E-state index is 0.137. The second kappa shape index (κ2) is 17.3. The van der Waals surface area contributed by atoms with E-state index in [0.717, 1.165) is 35.3 Å². The number of nitrogens with zero attached hydrogens (tertiary/aromatic N) is 1. The van der Waals surface area contributed by atoms with E-state index in [9.17, 15) is 4.79 Å². The molecule has 0 unspecified atom stereocenters. The molecule has 0 radical (unpaired) electrons. The molecule has 0 fully saturated rings. The van der Waals surface area contributed by atoms with Crippen molar-refractivity contribution >= 4 is 18.2 Å². The Kier molecular flexibility index (Phi) is 14.1. The maximum absolute atomic E-state index is 13.1. The van der Waals surface area contributed by atoms with Crippen molar-refractivity contribution in [1.29, 1.82) is 0 Å². The Bertz CT molecular complexity index is 991. The van der Waals surface area contributed by atoms with Crippen molar-refractivity contribution in [3.05, 3.63) is 53.1 Å². The van der Waals surface area contributed by atoms with E-state index in [1.54, 1.807) is 33.3 Å². The Hall–Kier alpha value is -3.23. The van der Waals surface area contributed by atoms with Gasteiger partial charge in [0.2, 0.25) is 0 Å². The second-order valence-corrected chi connectivity index (χ2v) is 9.35. The Labute approximate surface area is 227 Å². The SMILES string of the molecule is COCCCNC(=O)N(CCCOC)Cc1c(/C=C/c2ccc(OCC(C)C)cc2)cc(OC)cc1OC. The fourth-order valence-corrected chi connectivity index (χ4v) is 3.75. The Morgan fingerprint density at radius 2 is 1.63 bits per heavy atom. The molecule has 0 aliphatic rings. The minimum Gasteiger partial charge on any atom is -0.497 e. The lowest BCUT2D eigenvalue weighted by Crippen LogP contribution is -2.41. The lowest BCUT2D eigenvalue weighted by Gasteiger charge is -2.25. The van der Waals surface area contributed by atoms with Crippen molar-refractivity contribution in [1.82, 2.24) is 10.2 Å². The number of benzene rings is 2. The zero-order valence-corrected chi connectivity index (χ0v) is 23.7. The van der Waals surface area contributed by atoms with Crippen LogP contribution in [-0.2, 0) is 16.0 Å². The van der Waals surface area contributed by atoms with Crippen molar-refractivity contribution in [3.8, 4) is 17.2 Å². The van der Waals surface area contributed by atoms with Gasteiger partial charge in [0.15, 0.2) is 0 Å². The molecule has 8 heteroatoms. The lowest BCUT2D eigenvalue weighted by atomic mass is 10.0. The summed E-state index contributed by atoms with van der Waals surface area (Å²) in [6.45, 7) is 7.54.